The van der Waals surface area contributed by atoms with Crippen molar-refractivity contribution in [3.8, 4) is 5.75 Å². The smallest absolute Gasteiger partial charge is 0.261 e. The van der Waals surface area contributed by atoms with Crippen molar-refractivity contribution < 1.29 is 9.90 Å². The number of phenolic OH excluding ortho intramolecular Hbond substituents is 1. The third-order valence-electron chi connectivity index (χ3n) is 5.02. The van der Waals surface area contributed by atoms with Gasteiger partial charge in [-0.1, -0.05) is 6.07 Å². The standard InChI is InChI=1S/C22H22N4O3/c1-13(2)25-10-9-16-18(5-4-6-20(16)25)24-21(28)12-26-14(3)23-19-8-7-15(27)11-17(19)22(26)29/h4-11,13,27H,12H2,1-3H3,(H,24,28). The Hall–Kier alpha value is -3.61. The van der Waals surface area contributed by atoms with E-state index in [9.17, 15) is 14.7 Å². The van der Waals surface area contributed by atoms with Crippen LogP contribution < -0.4 is 10.9 Å². The average molecular weight is 390 g/mol. The third kappa shape index (κ3) is 3.35. The lowest BCUT2D eigenvalue weighted by atomic mass is 10.2. The van der Waals surface area contributed by atoms with Crippen molar-refractivity contribution in [2.45, 2.75) is 33.4 Å². The highest BCUT2D eigenvalue weighted by molar-refractivity contribution is 6.01. The summed E-state index contributed by atoms with van der Waals surface area (Å²) in [6.45, 7) is 5.73. The Morgan fingerprint density at radius 2 is 1.97 bits per heavy atom. The number of aromatic hydroxyl groups is 1. The molecule has 0 unspecified atom stereocenters. The zero-order valence-corrected chi connectivity index (χ0v) is 16.5. The number of nitrogens with one attached hydrogen (secondary N) is 1. The molecule has 4 rings (SSSR count). The maximum atomic E-state index is 12.8. The minimum Gasteiger partial charge on any atom is -0.508 e. The van der Waals surface area contributed by atoms with Crippen LogP contribution >= 0.6 is 0 Å². The van der Waals surface area contributed by atoms with Crippen molar-refractivity contribution in [1.29, 1.82) is 0 Å². The number of anilines is 1. The molecule has 148 valence electrons. The van der Waals surface area contributed by atoms with Crippen LogP contribution in [0.5, 0.6) is 5.75 Å². The van der Waals surface area contributed by atoms with E-state index in [-0.39, 0.29) is 29.1 Å². The Bertz CT molecular complexity index is 1300. The van der Waals surface area contributed by atoms with E-state index in [1.54, 1.807) is 13.0 Å². The van der Waals surface area contributed by atoms with Gasteiger partial charge >= 0.3 is 0 Å². The molecule has 0 bridgehead atoms. The number of fused-ring (bicyclic) bond motifs is 2. The highest BCUT2D eigenvalue weighted by Gasteiger charge is 2.14. The lowest BCUT2D eigenvalue weighted by Crippen LogP contribution is -2.30. The number of nitrogens with zero attached hydrogens (tertiary/aromatic N) is 3. The van der Waals surface area contributed by atoms with E-state index < -0.39 is 0 Å². The number of amides is 1. The van der Waals surface area contributed by atoms with E-state index in [0.29, 0.717) is 23.1 Å². The van der Waals surface area contributed by atoms with Crippen molar-refractivity contribution in [2.75, 3.05) is 5.32 Å². The summed E-state index contributed by atoms with van der Waals surface area (Å²) in [6.07, 6.45) is 2.00. The molecule has 7 nitrogen and oxygen atoms in total. The van der Waals surface area contributed by atoms with Gasteiger partial charge in [-0.15, -0.1) is 0 Å². The van der Waals surface area contributed by atoms with Crippen molar-refractivity contribution >= 4 is 33.4 Å². The van der Waals surface area contributed by atoms with Crippen LogP contribution in [0.1, 0.15) is 25.7 Å². The molecule has 2 heterocycles. The van der Waals surface area contributed by atoms with E-state index in [2.05, 4.69) is 28.7 Å². The fourth-order valence-corrected chi connectivity index (χ4v) is 3.59. The number of aryl methyl sites for hydroxylation is 1. The summed E-state index contributed by atoms with van der Waals surface area (Å²) in [6, 6.07) is 12.5. The number of aromatic nitrogens is 3. The zero-order chi connectivity index (χ0) is 20.7. The maximum Gasteiger partial charge on any atom is 0.261 e. The van der Waals surface area contributed by atoms with E-state index >= 15 is 0 Å². The lowest BCUT2D eigenvalue weighted by molar-refractivity contribution is -0.116. The topological polar surface area (TPSA) is 89.2 Å². The highest BCUT2D eigenvalue weighted by atomic mass is 16.3. The molecule has 0 aliphatic heterocycles. The fourth-order valence-electron chi connectivity index (χ4n) is 3.59. The number of carbonyl (C=O) groups is 1. The van der Waals surface area contributed by atoms with Gasteiger partial charge in [0.05, 0.1) is 22.1 Å². The van der Waals surface area contributed by atoms with Crippen molar-refractivity contribution in [3.63, 3.8) is 0 Å². The molecule has 2 N–H and O–H groups in total. The molecule has 1 amide bonds. The first kappa shape index (κ1) is 18.7. The summed E-state index contributed by atoms with van der Waals surface area (Å²) in [7, 11) is 0. The molecule has 0 aliphatic carbocycles. The van der Waals surface area contributed by atoms with E-state index in [1.165, 1.54) is 16.7 Å². The van der Waals surface area contributed by atoms with Crippen LogP contribution in [0.3, 0.4) is 0 Å². The Labute approximate surface area is 167 Å². The van der Waals surface area contributed by atoms with Gasteiger partial charge in [-0.25, -0.2) is 4.98 Å². The molecule has 0 radical (unpaired) electrons. The first-order valence-corrected chi connectivity index (χ1v) is 9.44. The van der Waals surface area contributed by atoms with Crippen LogP contribution in [0.2, 0.25) is 0 Å². The molecule has 2 aromatic carbocycles. The predicted molar refractivity (Wildman–Crippen MR) is 113 cm³/mol. The first-order chi connectivity index (χ1) is 13.8. The van der Waals surface area contributed by atoms with Gasteiger partial charge in [0, 0.05) is 17.6 Å². The van der Waals surface area contributed by atoms with Gasteiger partial charge in [0.25, 0.3) is 5.56 Å². The number of hydrogen-bond acceptors (Lipinski definition) is 4. The molecule has 0 atom stereocenters. The quantitative estimate of drug-likeness (QED) is 0.557. The maximum absolute atomic E-state index is 12.8. The van der Waals surface area contributed by atoms with Gasteiger partial charge in [0.2, 0.25) is 5.91 Å². The van der Waals surface area contributed by atoms with Gasteiger partial charge in [-0.05, 0) is 57.2 Å². The minimum atomic E-state index is -0.359. The molecular weight excluding hydrogens is 368 g/mol. The Kier molecular flexibility index (Phi) is 4.58. The van der Waals surface area contributed by atoms with Crippen molar-refractivity contribution in [2.24, 2.45) is 0 Å². The molecule has 0 saturated heterocycles. The normalized spacial score (nSPS) is 11.4. The van der Waals surface area contributed by atoms with Crippen LogP contribution in [0, 0.1) is 6.92 Å². The Balaban J connectivity index is 1.66. The number of benzene rings is 2. The number of hydrogen-bond donors (Lipinski definition) is 2. The van der Waals surface area contributed by atoms with E-state index in [4.69, 9.17) is 0 Å². The summed E-state index contributed by atoms with van der Waals surface area (Å²) in [5.74, 6) is 0.103. The molecule has 0 fully saturated rings. The summed E-state index contributed by atoms with van der Waals surface area (Å²) in [5, 5.41) is 13.8. The monoisotopic (exact) mass is 390 g/mol. The summed E-state index contributed by atoms with van der Waals surface area (Å²) in [5.41, 5.74) is 1.86. The fraction of sp³-hybridized carbons (Fsp3) is 0.227. The highest BCUT2D eigenvalue weighted by Crippen LogP contribution is 2.27. The van der Waals surface area contributed by atoms with Gasteiger partial charge in [0.15, 0.2) is 0 Å². The second-order valence-electron chi connectivity index (χ2n) is 7.36. The molecule has 29 heavy (non-hydrogen) atoms. The van der Waals surface area contributed by atoms with Gasteiger partial charge in [0.1, 0.15) is 18.1 Å². The van der Waals surface area contributed by atoms with E-state index in [1.807, 2.05) is 30.5 Å². The molecule has 4 aromatic rings. The Morgan fingerprint density at radius 3 is 2.72 bits per heavy atom. The number of carbonyl (C=O) groups excluding carboxylic acids is 1. The van der Waals surface area contributed by atoms with Gasteiger partial charge in [-0.2, -0.15) is 0 Å². The predicted octanol–water partition coefficient (Wildman–Crippen LogP) is 3.58. The second kappa shape index (κ2) is 7.09. The molecule has 0 aliphatic rings. The van der Waals surface area contributed by atoms with Crippen molar-refractivity contribution in [1.82, 2.24) is 14.1 Å². The minimum absolute atomic E-state index is 0.0161. The van der Waals surface area contributed by atoms with Crippen LogP contribution in [0.25, 0.3) is 21.8 Å². The summed E-state index contributed by atoms with van der Waals surface area (Å²) >= 11 is 0. The lowest BCUT2D eigenvalue weighted by Gasteiger charge is -2.13. The zero-order valence-electron chi connectivity index (χ0n) is 16.5. The molecule has 0 spiro atoms. The molecule has 2 aromatic heterocycles. The van der Waals surface area contributed by atoms with E-state index in [0.717, 1.165) is 10.9 Å². The summed E-state index contributed by atoms with van der Waals surface area (Å²) in [4.78, 5) is 29.9. The molecule has 7 heteroatoms. The second-order valence-corrected chi connectivity index (χ2v) is 7.36. The van der Waals surface area contributed by atoms with Gasteiger partial charge in [-0.3, -0.25) is 14.2 Å². The van der Waals surface area contributed by atoms with Crippen LogP contribution in [-0.4, -0.2) is 25.1 Å². The largest absolute Gasteiger partial charge is 0.508 e. The third-order valence-corrected chi connectivity index (χ3v) is 5.02. The average Bonchev–Trinajstić information content (AvgIpc) is 3.11. The van der Waals surface area contributed by atoms with Gasteiger partial charge < -0.3 is 15.0 Å². The first-order valence-electron chi connectivity index (χ1n) is 9.44. The number of rotatable bonds is 4. The van der Waals surface area contributed by atoms with Crippen LogP contribution in [0.4, 0.5) is 5.69 Å². The number of phenols is 1. The van der Waals surface area contributed by atoms with Crippen molar-refractivity contribution in [3.05, 3.63) is 64.8 Å². The molecule has 0 saturated carbocycles. The van der Waals surface area contributed by atoms with Crippen LogP contribution in [0.15, 0.2) is 53.5 Å². The van der Waals surface area contributed by atoms with Crippen LogP contribution in [-0.2, 0) is 11.3 Å². The molecular formula is C22H22N4O3. The Morgan fingerprint density at radius 1 is 1.17 bits per heavy atom. The SMILES string of the molecule is Cc1nc2ccc(O)cc2c(=O)n1CC(=O)Nc1cccc2c1ccn2C(C)C. The summed E-state index contributed by atoms with van der Waals surface area (Å²) < 4.78 is 3.45.